The molecule has 4 nitrogen and oxygen atoms in total. The highest BCUT2D eigenvalue weighted by Gasteiger charge is 1.93. The van der Waals surface area contributed by atoms with Gasteiger partial charge < -0.3 is 0 Å². The molecule has 0 bridgehead atoms. The average molecular weight is 267 g/mol. The van der Waals surface area contributed by atoms with E-state index in [0.717, 1.165) is 5.56 Å². The van der Waals surface area contributed by atoms with Crippen LogP contribution in [-0.2, 0) is 0 Å². The third kappa shape index (κ3) is 3.69. The molecule has 1 heterocycles. The van der Waals surface area contributed by atoms with Gasteiger partial charge in [0.05, 0.1) is 6.21 Å². The molecule has 0 atom stereocenters. The molecule has 17 heavy (non-hydrogen) atoms. The van der Waals surface area contributed by atoms with Crippen molar-refractivity contribution in [3.8, 4) is 0 Å². The van der Waals surface area contributed by atoms with Crippen molar-refractivity contribution in [2.45, 2.75) is 0 Å². The monoisotopic (exact) mass is 266 g/mol. The van der Waals surface area contributed by atoms with Gasteiger partial charge >= 0.3 is 0 Å². The first kappa shape index (κ1) is 11.8. The fraction of sp³-hybridized carbons (Fsp3) is 0. The van der Waals surface area contributed by atoms with E-state index < -0.39 is 0 Å². The van der Waals surface area contributed by atoms with Crippen molar-refractivity contribution in [2.24, 2.45) is 5.10 Å². The molecule has 0 saturated heterocycles. The summed E-state index contributed by atoms with van der Waals surface area (Å²) in [5.41, 5.74) is 3.68. The second-order valence-corrected chi connectivity index (χ2v) is 3.97. The molecule has 0 unspecified atom stereocenters. The molecular formula is C11H8Cl2N4. The molecule has 0 aliphatic heterocycles. The molecule has 0 fully saturated rings. The fourth-order valence-corrected chi connectivity index (χ4v) is 1.39. The van der Waals surface area contributed by atoms with Crippen molar-refractivity contribution in [1.29, 1.82) is 0 Å². The quantitative estimate of drug-likeness (QED) is 0.527. The molecular weight excluding hydrogens is 259 g/mol. The van der Waals surface area contributed by atoms with E-state index in [4.69, 9.17) is 23.2 Å². The number of anilines is 1. The zero-order chi connectivity index (χ0) is 12.1. The van der Waals surface area contributed by atoms with Crippen LogP contribution in [0.3, 0.4) is 0 Å². The van der Waals surface area contributed by atoms with Crippen LogP contribution >= 0.6 is 23.2 Å². The lowest BCUT2D eigenvalue weighted by atomic mass is 10.2. The Morgan fingerprint density at radius 3 is 2.59 bits per heavy atom. The van der Waals surface area contributed by atoms with Crippen molar-refractivity contribution in [3.63, 3.8) is 0 Å². The van der Waals surface area contributed by atoms with E-state index in [1.165, 1.54) is 6.33 Å². The van der Waals surface area contributed by atoms with Crippen molar-refractivity contribution in [2.75, 3.05) is 5.43 Å². The number of nitrogens with one attached hydrogen (secondary N) is 1. The summed E-state index contributed by atoms with van der Waals surface area (Å²) in [4.78, 5) is 7.71. The number of halogens is 2. The first-order chi connectivity index (χ1) is 8.24. The first-order valence-electron chi connectivity index (χ1n) is 4.76. The molecule has 6 heteroatoms. The SMILES string of the molecule is Clc1ccc(C=NNc2cc(Cl)ncn2)cc1. The van der Waals surface area contributed by atoms with E-state index in [0.29, 0.717) is 16.0 Å². The molecule has 0 amide bonds. The van der Waals surface area contributed by atoms with Crippen LogP contribution in [0.15, 0.2) is 41.8 Å². The van der Waals surface area contributed by atoms with Crippen molar-refractivity contribution in [3.05, 3.63) is 52.4 Å². The van der Waals surface area contributed by atoms with Crippen LogP contribution in [0, 0.1) is 0 Å². The van der Waals surface area contributed by atoms with Crippen molar-refractivity contribution in [1.82, 2.24) is 9.97 Å². The smallest absolute Gasteiger partial charge is 0.151 e. The summed E-state index contributed by atoms with van der Waals surface area (Å²) < 4.78 is 0. The molecule has 1 aromatic heterocycles. The van der Waals surface area contributed by atoms with Crippen LogP contribution in [0.25, 0.3) is 0 Å². The van der Waals surface area contributed by atoms with Crippen molar-refractivity contribution < 1.29 is 0 Å². The summed E-state index contributed by atoms with van der Waals surface area (Å²) in [6.07, 6.45) is 3.02. The standard InChI is InChI=1S/C11H8Cl2N4/c12-9-3-1-8(2-4-9)6-16-17-11-5-10(13)14-7-15-11/h1-7H,(H,14,15,17). The Morgan fingerprint density at radius 1 is 1.12 bits per heavy atom. The van der Waals surface area contributed by atoms with Gasteiger partial charge in [0.25, 0.3) is 0 Å². The van der Waals surface area contributed by atoms with Crippen LogP contribution in [0.2, 0.25) is 10.2 Å². The van der Waals surface area contributed by atoms with E-state index in [-0.39, 0.29) is 0 Å². The van der Waals surface area contributed by atoms with Gasteiger partial charge in [-0.05, 0) is 17.7 Å². The molecule has 2 rings (SSSR count). The third-order valence-electron chi connectivity index (χ3n) is 1.90. The van der Waals surface area contributed by atoms with Gasteiger partial charge in [0.15, 0.2) is 5.82 Å². The van der Waals surface area contributed by atoms with Gasteiger partial charge in [0.1, 0.15) is 11.5 Å². The van der Waals surface area contributed by atoms with Gasteiger partial charge in [-0.25, -0.2) is 9.97 Å². The Balaban J connectivity index is 2.00. The highest BCUT2D eigenvalue weighted by molar-refractivity contribution is 6.30. The van der Waals surface area contributed by atoms with E-state index in [1.54, 1.807) is 24.4 Å². The summed E-state index contributed by atoms with van der Waals surface area (Å²) in [6, 6.07) is 8.90. The maximum atomic E-state index is 5.77. The minimum absolute atomic E-state index is 0.365. The van der Waals surface area contributed by atoms with Crippen LogP contribution < -0.4 is 5.43 Å². The topological polar surface area (TPSA) is 50.2 Å². The summed E-state index contributed by atoms with van der Waals surface area (Å²) in [6.45, 7) is 0. The van der Waals surface area contributed by atoms with Crippen LogP contribution in [0.1, 0.15) is 5.56 Å². The Morgan fingerprint density at radius 2 is 1.88 bits per heavy atom. The number of hydrogen-bond donors (Lipinski definition) is 1. The van der Waals surface area contributed by atoms with Gasteiger partial charge in [-0.1, -0.05) is 35.3 Å². The largest absolute Gasteiger partial charge is 0.261 e. The number of nitrogens with zero attached hydrogens (tertiary/aromatic N) is 3. The Kier molecular flexibility index (Phi) is 3.90. The maximum absolute atomic E-state index is 5.77. The lowest BCUT2D eigenvalue weighted by Crippen LogP contribution is -1.93. The number of rotatable bonds is 3. The predicted octanol–water partition coefficient (Wildman–Crippen LogP) is 3.23. The normalized spacial score (nSPS) is 10.7. The van der Waals surface area contributed by atoms with E-state index in [9.17, 15) is 0 Å². The molecule has 0 spiro atoms. The van der Waals surface area contributed by atoms with Gasteiger partial charge in [-0.15, -0.1) is 0 Å². The first-order valence-corrected chi connectivity index (χ1v) is 5.52. The summed E-state index contributed by atoms with van der Waals surface area (Å²) in [7, 11) is 0. The maximum Gasteiger partial charge on any atom is 0.151 e. The second kappa shape index (κ2) is 5.61. The van der Waals surface area contributed by atoms with Gasteiger partial charge in [-0.2, -0.15) is 5.10 Å². The molecule has 86 valence electrons. The van der Waals surface area contributed by atoms with Gasteiger partial charge in [0, 0.05) is 11.1 Å². The number of aromatic nitrogens is 2. The molecule has 2 aromatic rings. The minimum atomic E-state index is 0.365. The zero-order valence-corrected chi connectivity index (χ0v) is 10.2. The lowest BCUT2D eigenvalue weighted by Gasteiger charge is -1.98. The Hall–Kier alpha value is -1.65. The zero-order valence-electron chi connectivity index (χ0n) is 8.64. The summed E-state index contributed by atoms with van der Waals surface area (Å²) >= 11 is 11.5. The highest BCUT2D eigenvalue weighted by atomic mass is 35.5. The molecule has 0 saturated carbocycles. The summed E-state index contributed by atoms with van der Waals surface area (Å²) in [5.74, 6) is 0.537. The average Bonchev–Trinajstić information content (AvgIpc) is 2.32. The second-order valence-electron chi connectivity index (χ2n) is 3.15. The fourth-order valence-electron chi connectivity index (χ4n) is 1.12. The number of hydrazone groups is 1. The molecule has 0 radical (unpaired) electrons. The van der Waals surface area contributed by atoms with Crippen LogP contribution in [0.5, 0.6) is 0 Å². The predicted molar refractivity (Wildman–Crippen MR) is 69.7 cm³/mol. The Labute approximate surface area is 108 Å². The molecule has 0 aliphatic rings. The highest BCUT2D eigenvalue weighted by Crippen LogP contribution is 2.09. The van der Waals surface area contributed by atoms with Crippen molar-refractivity contribution >= 4 is 35.2 Å². The minimum Gasteiger partial charge on any atom is -0.261 e. The summed E-state index contributed by atoms with van der Waals surface area (Å²) in [5, 5.41) is 5.07. The number of benzene rings is 1. The Bertz CT molecular complexity index is 525. The van der Waals surface area contributed by atoms with Gasteiger partial charge in [0.2, 0.25) is 0 Å². The lowest BCUT2D eigenvalue weighted by molar-refractivity contribution is 1.14. The molecule has 1 aromatic carbocycles. The molecule has 0 aliphatic carbocycles. The van der Waals surface area contributed by atoms with E-state index >= 15 is 0 Å². The van der Waals surface area contributed by atoms with Crippen LogP contribution in [-0.4, -0.2) is 16.2 Å². The van der Waals surface area contributed by atoms with Gasteiger partial charge in [-0.3, -0.25) is 5.43 Å². The third-order valence-corrected chi connectivity index (χ3v) is 2.36. The molecule has 1 N–H and O–H groups in total. The number of hydrogen-bond acceptors (Lipinski definition) is 4. The van der Waals surface area contributed by atoms with Crippen LogP contribution in [0.4, 0.5) is 5.82 Å². The van der Waals surface area contributed by atoms with E-state index in [2.05, 4.69) is 20.5 Å². The van der Waals surface area contributed by atoms with E-state index in [1.807, 2.05) is 12.1 Å².